The van der Waals surface area contributed by atoms with Crippen molar-refractivity contribution in [3.05, 3.63) is 0 Å². The molecule has 2 N–H and O–H groups in total. The first-order valence-electron chi connectivity index (χ1n) is 7.76. The van der Waals surface area contributed by atoms with Gasteiger partial charge in [-0.2, -0.15) is 0 Å². The maximum Gasteiger partial charge on any atom is 0.227 e. The van der Waals surface area contributed by atoms with Gasteiger partial charge in [0.1, 0.15) is 0 Å². The summed E-state index contributed by atoms with van der Waals surface area (Å²) in [5, 5.41) is 0. The standard InChI is InChI=1S/C15H28N2O/c1-2-12-8-10-17(11-9-12)15(18)13-6-4-3-5-7-14(13)16/h12-14H,2-11,16H2,1H3. The number of carbonyl (C=O) groups excluding carboxylic acids is 1. The lowest BCUT2D eigenvalue weighted by atomic mass is 9.90. The minimum Gasteiger partial charge on any atom is -0.342 e. The van der Waals surface area contributed by atoms with E-state index >= 15 is 0 Å². The van der Waals surface area contributed by atoms with E-state index in [9.17, 15) is 4.79 Å². The van der Waals surface area contributed by atoms with Crippen LogP contribution < -0.4 is 5.73 Å². The average Bonchev–Trinajstić information content (AvgIpc) is 2.63. The highest BCUT2D eigenvalue weighted by Crippen LogP contribution is 2.27. The predicted octanol–water partition coefficient (Wildman–Crippen LogP) is 2.54. The van der Waals surface area contributed by atoms with Crippen LogP contribution in [0.4, 0.5) is 0 Å². The van der Waals surface area contributed by atoms with Crippen LogP contribution in [0, 0.1) is 11.8 Å². The molecule has 1 heterocycles. The van der Waals surface area contributed by atoms with Crippen molar-refractivity contribution in [3.8, 4) is 0 Å². The first-order valence-corrected chi connectivity index (χ1v) is 7.76. The van der Waals surface area contributed by atoms with Gasteiger partial charge in [-0.25, -0.2) is 0 Å². The van der Waals surface area contributed by atoms with Crippen molar-refractivity contribution in [1.82, 2.24) is 4.90 Å². The molecule has 0 aromatic heterocycles. The summed E-state index contributed by atoms with van der Waals surface area (Å²) >= 11 is 0. The molecule has 3 nitrogen and oxygen atoms in total. The first kappa shape index (κ1) is 13.9. The van der Waals surface area contributed by atoms with Gasteiger partial charge in [0.2, 0.25) is 5.91 Å². The number of piperidine rings is 1. The molecular formula is C15H28N2O. The molecule has 2 rings (SSSR count). The lowest BCUT2D eigenvalue weighted by Crippen LogP contribution is -2.46. The molecule has 1 saturated heterocycles. The van der Waals surface area contributed by atoms with E-state index in [0.717, 1.165) is 31.8 Å². The predicted molar refractivity (Wildman–Crippen MR) is 74.1 cm³/mol. The van der Waals surface area contributed by atoms with E-state index in [1.807, 2.05) is 0 Å². The molecular weight excluding hydrogens is 224 g/mol. The molecule has 0 radical (unpaired) electrons. The zero-order chi connectivity index (χ0) is 13.0. The number of likely N-dealkylation sites (tertiary alicyclic amines) is 1. The van der Waals surface area contributed by atoms with E-state index in [0.29, 0.717) is 5.91 Å². The van der Waals surface area contributed by atoms with Gasteiger partial charge in [-0.15, -0.1) is 0 Å². The fourth-order valence-corrected chi connectivity index (χ4v) is 3.44. The molecule has 0 aromatic carbocycles. The van der Waals surface area contributed by atoms with Crippen molar-refractivity contribution in [2.24, 2.45) is 17.6 Å². The maximum atomic E-state index is 12.6. The van der Waals surface area contributed by atoms with Gasteiger partial charge in [-0.1, -0.05) is 32.6 Å². The average molecular weight is 252 g/mol. The van der Waals surface area contributed by atoms with Crippen LogP contribution in [0.5, 0.6) is 0 Å². The molecule has 1 aliphatic heterocycles. The highest BCUT2D eigenvalue weighted by atomic mass is 16.2. The summed E-state index contributed by atoms with van der Waals surface area (Å²) in [7, 11) is 0. The Morgan fingerprint density at radius 3 is 2.44 bits per heavy atom. The van der Waals surface area contributed by atoms with Gasteiger partial charge in [-0.3, -0.25) is 4.79 Å². The molecule has 104 valence electrons. The summed E-state index contributed by atoms with van der Waals surface area (Å²) in [6.07, 6.45) is 9.28. The second-order valence-electron chi connectivity index (χ2n) is 6.09. The summed E-state index contributed by atoms with van der Waals surface area (Å²) in [6, 6.07) is 0.101. The third-order valence-corrected chi connectivity index (χ3v) is 4.89. The van der Waals surface area contributed by atoms with Crippen LogP contribution in [0.15, 0.2) is 0 Å². The second-order valence-corrected chi connectivity index (χ2v) is 6.09. The van der Waals surface area contributed by atoms with E-state index < -0.39 is 0 Å². The monoisotopic (exact) mass is 252 g/mol. The van der Waals surface area contributed by atoms with E-state index in [1.165, 1.54) is 38.5 Å². The zero-order valence-corrected chi connectivity index (χ0v) is 11.7. The third-order valence-electron chi connectivity index (χ3n) is 4.89. The van der Waals surface area contributed by atoms with Crippen molar-refractivity contribution in [2.45, 2.75) is 64.3 Å². The van der Waals surface area contributed by atoms with Crippen LogP contribution >= 0.6 is 0 Å². The molecule has 0 bridgehead atoms. The molecule has 2 unspecified atom stereocenters. The highest BCUT2D eigenvalue weighted by Gasteiger charge is 2.32. The molecule has 1 saturated carbocycles. The lowest BCUT2D eigenvalue weighted by Gasteiger charge is -2.35. The number of hydrogen-bond donors (Lipinski definition) is 1. The van der Waals surface area contributed by atoms with Crippen LogP contribution in [-0.2, 0) is 4.79 Å². The van der Waals surface area contributed by atoms with Crippen LogP contribution in [0.3, 0.4) is 0 Å². The van der Waals surface area contributed by atoms with Crippen molar-refractivity contribution in [3.63, 3.8) is 0 Å². The maximum absolute atomic E-state index is 12.6. The topological polar surface area (TPSA) is 46.3 Å². The minimum absolute atomic E-state index is 0.101. The van der Waals surface area contributed by atoms with Gasteiger partial charge >= 0.3 is 0 Å². The minimum atomic E-state index is 0.101. The lowest BCUT2D eigenvalue weighted by molar-refractivity contribution is -0.137. The van der Waals surface area contributed by atoms with Gasteiger partial charge in [0.05, 0.1) is 5.92 Å². The Morgan fingerprint density at radius 2 is 1.78 bits per heavy atom. The molecule has 18 heavy (non-hydrogen) atoms. The molecule has 1 amide bonds. The second kappa shape index (κ2) is 6.55. The summed E-state index contributed by atoms with van der Waals surface area (Å²) < 4.78 is 0. The SMILES string of the molecule is CCC1CCN(C(=O)C2CCCCCC2N)CC1. The Labute approximate surface area is 111 Å². The summed E-state index contributed by atoms with van der Waals surface area (Å²) in [6.45, 7) is 4.17. The number of amides is 1. The molecule has 3 heteroatoms. The van der Waals surface area contributed by atoms with Crippen LogP contribution in [0.25, 0.3) is 0 Å². The third kappa shape index (κ3) is 3.25. The number of nitrogens with zero attached hydrogens (tertiary/aromatic N) is 1. The molecule has 1 aliphatic carbocycles. The van der Waals surface area contributed by atoms with Crippen LogP contribution in [0.2, 0.25) is 0 Å². The molecule has 2 aliphatic rings. The fraction of sp³-hybridized carbons (Fsp3) is 0.933. The van der Waals surface area contributed by atoms with Crippen molar-refractivity contribution in [1.29, 1.82) is 0 Å². The Morgan fingerprint density at radius 1 is 1.11 bits per heavy atom. The van der Waals surface area contributed by atoms with Crippen molar-refractivity contribution < 1.29 is 4.79 Å². The summed E-state index contributed by atoms with van der Waals surface area (Å²) in [5.74, 6) is 1.28. The van der Waals surface area contributed by atoms with E-state index in [4.69, 9.17) is 5.73 Å². The van der Waals surface area contributed by atoms with E-state index in [2.05, 4.69) is 11.8 Å². The smallest absolute Gasteiger partial charge is 0.227 e. The van der Waals surface area contributed by atoms with Crippen molar-refractivity contribution >= 4 is 5.91 Å². The molecule has 0 spiro atoms. The number of hydrogen-bond acceptors (Lipinski definition) is 2. The summed E-state index contributed by atoms with van der Waals surface area (Å²) in [5.41, 5.74) is 6.19. The van der Waals surface area contributed by atoms with Gasteiger partial charge in [0.25, 0.3) is 0 Å². The summed E-state index contributed by atoms with van der Waals surface area (Å²) in [4.78, 5) is 14.6. The Hall–Kier alpha value is -0.570. The molecule has 0 aromatic rings. The van der Waals surface area contributed by atoms with Crippen molar-refractivity contribution in [2.75, 3.05) is 13.1 Å². The van der Waals surface area contributed by atoms with E-state index in [1.54, 1.807) is 0 Å². The van der Waals surface area contributed by atoms with Gasteiger partial charge in [0, 0.05) is 19.1 Å². The van der Waals surface area contributed by atoms with Crippen LogP contribution in [-0.4, -0.2) is 29.9 Å². The van der Waals surface area contributed by atoms with E-state index in [-0.39, 0.29) is 12.0 Å². The highest BCUT2D eigenvalue weighted by molar-refractivity contribution is 5.79. The normalized spacial score (nSPS) is 31.1. The first-order chi connectivity index (χ1) is 8.72. The molecule has 2 atom stereocenters. The fourth-order valence-electron chi connectivity index (χ4n) is 3.44. The molecule has 2 fully saturated rings. The Bertz CT molecular complexity index is 272. The number of rotatable bonds is 2. The quantitative estimate of drug-likeness (QED) is 0.768. The Kier molecular flexibility index (Phi) is 5.04. The number of carbonyl (C=O) groups is 1. The van der Waals surface area contributed by atoms with Gasteiger partial charge < -0.3 is 10.6 Å². The number of nitrogens with two attached hydrogens (primary N) is 1. The van der Waals surface area contributed by atoms with Gasteiger partial charge in [0.15, 0.2) is 0 Å². The van der Waals surface area contributed by atoms with Gasteiger partial charge in [-0.05, 0) is 31.6 Å². The largest absolute Gasteiger partial charge is 0.342 e. The zero-order valence-electron chi connectivity index (χ0n) is 11.7. The Balaban J connectivity index is 1.90. The van der Waals surface area contributed by atoms with Crippen LogP contribution in [0.1, 0.15) is 58.3 Å².